The van der Waals surface area contributed by atoms with Crippen LogP contribution in [0.15, 0.2) is 30.5 Å². The minimum absolute atomic E-state index is 0.663. The quantitative estimate of drug-likeness (QED) is 0.832. The smallest absolute Gasteiger partial charge is 0.129 e. The third-order valence-electron chi connectivity index (χ3n) is 5.35. The Bertz CT molecular complexity index is 679. The van der Waals surface area contributed by atoms with Gasteiger partial charge in [0, 0.05) is 30.7 Å². The van der Waals surface area contributed by atoms with Crippen molar-refractivity contribution in [3.8, 4) is 16.3 Å². The van der Waals surface area contributed by atoms with Crippen LogP contribution >= 0.6 is 11.3 Å². The number of methoxy groups -OCH3 is 1. The molecule has 4 heteroatoms. The molecule has 1 saturated heterocycles. The number of nitrogens with zero attached hydrogens (tertiary/aromatic N) is 2. The molecule has 2 fully saturated rings. The SMILES string of the molecule is CCC12CC1CN(Cc1cnc(-c3ccccc3OC)s1)C2. The van der Waals surface area contributed by atoms with Crippen LogP contribution in [0.3, 0.4) is 0 Å². The van der Waals surface area contributed by atoms with E-state index in [0.717, 1.165) is 28.8 Å². The summed E-state index contributed by atoms with van der Waals surface area (Å²) in [5.41, 5.74) is 1.76. The highest BCUT2D eigenvalue weighted by Gasteiger charge is 2.57. The van der Waals surface area contributed by atoms with E-state index in [4.69, 9.17) is 4.74 Å². The Morgan fingerprint density at radius 1 is 1.41 bits per heavy atom. The van der Waals surface area contributed by atoms with E-state index in [1.54, 1.807) is 18.4 Å². The lowest BCUT2D eigenvalue weighted by Crippen LogP contribution is -2.23. The van der Waals surface area contributed by atoms with Crippen molar-refractivity contribution in [1.82, 2.24) is 9.88 Å². The lowest BCUT2D eigenvalue weighted by Gasteiger charge is -2.18. The van der Waals surface area contributed by atoms with E-state index in [2.05, 4.69) is 22.9 Å². The van der Waals surface area contributed by atoms with Gasteiger partial charge in [-0.2, -0.15) is 0 Å². The molecular weight excluding hydrogens is 292 g/mol. The Hall–Kier alpha value is -1.39. The summed E-state index contributed by atoms with van der Waals surface area (Å²) in [5, 5.41) is 1.06. The lowest BCUT2D eigenvalue weighted by atomic mass is 10.0. The van der Waals surface area contributed by atoms with E-state index in [-0.39, 0.29) is 0 Å². The van der Waals surface area contributed by atoms with Gasteiger partial charge in [-0.1, -0.05) is 19.1 Å². The van der Waals surface area contributed by atoms with E-state index in [1.165, 1.54) is 30.8 Å². The van der Waals surface area contributed by atoms with Gasteiger partial charge in [0.15, 0.2) is 0 Å². The van der Waals surface area contributed by atoms with Crippen LogP contribution in [0.5, 0.6) is 5.75 Å². The molecule has 1 aromatic carbocycles. The fraction of sp³-hybridized carbons (Fsp3) is 0.500. The fourth-order valence-electron chi connectivity index (χ4n) is 3.92. The molecule has 0 spiro atoms. The molecule has 2 atom stereocenters. The van der Waals surface area contributed by atoms with Gasteiger partial charge in [-0.25, -0.2) is 4.98 Å². The van der Waals surface area contributed by atoms with Crippen molar-refractivity contribution >= 4 is 11.3 Å². The van der Waals surface area contributed by atoms with Crippen LogP contribution in [-0.4, -0.2) is 30.1 Å². The summed E-state index contributed by atoms with van der Waals surface area (Å²) in [5.74, 6) is 1.86. The van der Waals surface area contributed by atoms with Gasteiger partial charge >= 0.3 is 0 Å². The average Bonchev–Trinajstić information content (AvgIpc) is 2.89. The van der Waals surface area contributed by atoms with Crippen LogP contribution in [0.1, 0.15) is 24.6 Å². The van der Waals surface area contributed by atoms with Gasteiger partial charge in [0.25, 0.3) is 0 Å². The van der Waals surface area contributed by atoms with E-state index >= 15 is 0 Å². The number of piperidine rings is 1. The standard InChI is InChI=1S/C18H22N2OS/c1-3-18-8-13(18)10-20(12-18)11-14-9-19-17(22-14)15-6-4-5-7-16(15)21-2/h4-7,9,13H,3,8,10-12H2,1-2H3. The zero-order chi connectivity index (χ0) is 15.2. The highest BCUT2D eigenvalue weighted by molar-refractivity contribution is 7.15. The molecule has 2 heterocycles. The molecule has 22 heavy (non-hydrogen) atoms. The van der Waals surface area contributed by atoms with Gasteiger partial charge in [-0.3, -0.25) is 4.90 Å². The van der Waals surface area contributed by atoms with E-state index in [1.807, 2.05) is 24.4 Å². The first-order valence-corrected chi connectivity index (χ1v) is 8.86. The van der Waals surface area contributed by atoms with Gasteiger partial charge in [-0.15, -0.1) is 11.3 Å². The minimum Gasteiger partial charge on any atom is -0.496 e. The predicted molar refractivity (Wildman–Crippen MR) is 90.2 cm³/mol. The number of benzene rings is 1. The van der Waals surface area contributed by atoms with Crippen LogP contribution in [-0.2, 0) is 6.54 Å². The van der Waals surface area contributed by atoms with Crippen molar-refractivity contribution in [3.63, 3.8) is 0 Å². The van der Waals surface area contributed by atoms with E-state index in [0.29, 0.717) is 5.41 Å². The number of hydrogen-bond donors (Lipinski definition) is 0. The van der Waals surface area contributed by atoms with Gasteiger partial charge in [0.2, 0.25) is 0 Å². The number of thiazole rings is 1. The first-order valence-electron chi connectivity index (χ1n) is 8.04. The van der Waals surface area contributed by atoms with Gasteiger partial charge < -0.3 is 4.74 Å². The first-order chi connectivity index (χ1) is 10.7. The van der Waals surface area contributed by atoms with Gasteiger partial charge in [-0.05, 0) is 36.3 Å². The van der Waals surface area contributed by atoms with Crippen molar-refractivity contribution in [3.05, 3.63) is 35.3 Å². The van der Waals surface area contributed by atoms with E-state index < -0.39 is 0 Å². The Kier molecular flexibility index (Phi) is 3.46. The Morgan fingerprint density at radius 3 is 3.05 bits per heavy atom. The van der Waals surface area contributed by atoms with Crippen molar-refractivity contribution in [1.29, 1.82) is 0 Å². The number of aromatic nitrogens is 1. The number of fused-ring (bicyclic) bond motifs is 1. The fourth-order valence-corrected chi connectivity index (χ4v) is 4.90. The molecule has 1 saturated carbocycles. The number of hydrogen-bond acceptors (Lipinski definition) is 4. The third kappa shape index (κ3) is 2.34. The second-order valence-electron chi connectivity index (χ2n) is 6.62. The molecule has 116 valence electrons. The maximum absolute atomic E-state index is 5.45. The van der Waals surface area contributed by atoms with Crippen LogP contribution in [0, 0.1) is 11.3 Å². The summed E-state index contributed by atoms with van der Waals surface area (Å²) in [4.78, 5) is 8.58. The predicted octanol–water partition coefficient (Wildman–Crippen LogP) is 4.05. The normalized spacial score (nSPS) is 26.9. The monoisotopic (exact) mass is 314 g/mol. The number of para-hydroxylation sites is 1. The van der Waals surface area contributed by atoms with Crippen molar-refractivity contribution in [2.75, 3.05) is 20.2 Å². The Balaban J connectivity index is 1.48. The third-order valence-corrected chi connectivity index (χ3v) is 6.37. The van der Waals surface area contributed by atoms with Crippen LogP contribution in [0.2, 0.25) is 0 Å². The molecule has 0 N–H and O–H groups in total. The zero-order valence-electron chi connectivity index (χ0n) is 13.2. The molecule has 2 unspecified atom stereocenters. The highest BCUT2D eigenvalue weighted by Crippen LogP contribution is 2.60. The second-order valence-corrected chi connectivity index (χ2v) is 7.73. The molecule has 3 nitrogen and oxygen atoms in total. The molecule has 0 bridgehead atoms. The van der Waals surface area contributed by atoms with Gasteiger partial charge in [0.05, 0.1) is 12.7 Å². The summed E-state index contributed by atoms with van der Waals surface area (Å²) >= 11 is 1.79. The molecule has 1 aromatic heterocycles. The molecule has 1 aliphatic heterocycles. The highest BCUT2D eigenvalue weighted by atomic mass is 32.1. The zero-order valence-corrected chi connectivity index (χ0v) is 14.0. The second kappa shape index (κ2) is 5.36. The van der Waals surface area contributed by atoms with Crippen LogP contribution in [0.4, 0.5) is 0 Å². The molecule has 1 aliphatic carbocycles. The maximum Gasteiger partial charge on any atom is 0.129 e. The number of likely N-dealkylation sites (tertiary alicyclic amines) is 1. The van der Waals surface area contributed by atoms with E-state index in [9.17, 15) is 0 Å². The molecule has 2 aliphatic rings. The topological polar surface area (TPSA) is 25.4 Å². The van der Waals surface area contributed by atoms with Crippen molar-refractivity contribution < 1.29 is 4.74 Å². The lowest BCUT2D eigenvalue weighted by molar-refractivity contribution is 0.272. The Morgan fingerprint density at radius 2 is 2.27 bits per heavy atom. The molecule has 2 aromatic rings. The first kappa shape index (κ1) is 14.2. The van der Waals surface area contributed by atoms with Crippen molar-refractivity contribution in [2.45, 2.75) is 26.3 Å². The minimum atomic E-state index is 0.663. The summed E-state index contributed by atoms with van der Waals surface area (Å²) < 4.78 is 5.45. The molecule has 0 radical (unpaired) electrons. The van der Waals surface area contributed by atoms with Crippen LogP contribution < -0.4 is 4.74 Å². The number of ether oxygens (including phenoxy) is 1. The largest absolute Gasteiger partial charge is 0.496 e. The Labute approximate surface area is 135 Å². The van der Waals surface area contributed by atoms with Crippen molar-refractivity contribution in [2.24, 2.45) is 11.3 Å². The molecule has 0 amide bonds. The summed E-state index contributed by atoms with van der Waals surface area (Å²) in [6.45, 7) is 5.94. The summed E-state index contributed by atoms with van der Waals surface area (Å²) in [7, 11) is 1.72. The maximum atomic E-state index is 5.45. The summed E-state index contributed by atoms with van der Waals surface area (Å²) in [6, 6.07) is 8.11. The van der Waals surface area contributed by atoms with Gasteiger partial charge in [0.1, 0.15) is 10.8 Å². The molecular formula is C18H22N2OS. The number of rotatable bonds is 5. The molecule has 4 rings (SSSR count). The summed E-state index contributed by atoms with van der Waals surface area (Å²) in [6.07, 6.45) is 4.83. The average molecular weight is 314 g/mol. The van der Waals surface area contributed by atoms with Crippen LogP contribution in [0.25, 0.3) is 10.6 Å².